The van der Waals surface area contributed by atoms with Gasteiger partial charge in [-0.25, -0.2) is 0 Å². The van der Waals surface area contributed by atoms with Crippen molar-refractivity contribution in [2.45, 2.75) is 19.9 Å². The van der Waals surface area contributed by atoms with Crippen LogP contribution in [0.4, 0.5) is 0 Å². The minimum atomic E-state index is 0.776. The molecule has 0 saturated heterocycles. The molecule has 0 unspecified atom stereocenters. The largest absolute Gasteiger partial charge is 0.388 e. The fourth-order valence-corrected chi connectivity index (χ4v) is 2.41. The first-order chi connectivity index (χ1) is 10.1. The zero-order chi connectivity index (χ0) is 15.2. The summed E-state index contributed by atoms with van der Waals surface area (Å²) >= 11 is 0. The summed E-state index contributed by atoms with van der Waals surface area (Å²) in [5.41, 5.74) is 9.19. The summed E-state index contributed by atoms with van der Waals surface area (Å²) in [5.74, 6) is 0. The van der Waals surface area contributed by atoms with Gasteiger partial charge in [-0.15, -0.1) is 0 Å². The van der Waals surface area contributed by atoms with E-state index in [0.717, 1.165) is 26.1 Å². The van der Waals surface area contributed by atoms with E-state index < -0.39 is 0 Å². The predicted molar refractivity (Wildman–Crippen MR) is 89.3 cm³/mol. The molecule has 0 spiro atoms. The Morgan fingerprint density at radius 3 is 2.81 bits per heavy atom. The van der Waals surface area contributed by atoms with Crippen LogP contribution in [0.2, 0.25) is 0 Å². The monoisotopic (exact) mass is 287 g/mol. The molecule has 21 heavy (non-hydrogen) atoms. The van der Waals surface area contributed by atoms with Gasteiger partial charge >= 0.3 is 0 Å². The van der Waals surface area contributed by atoms with Crippen LogP contribution in [-0.2, 0) is 13.0 Å². The Bertz CT molecular complexity index is 600. The molecule has 1 aromatic heterocycles. The predicted octanol–water partition coefficient (Wildman–Crippen LogP) is 2.00. The van der Waals surface area contributed by atoms with Crippen LogP contribution in [0.1, 0.15) is 18.1 Å². The zero-order valence-corrected chi connectivity index (χ0v) is 13.1. The highest BCUT2D eigenvalue weighted by atomic mass is 15.4. The van der Waals surface area contributed by atoms with Crippen molar-refractivity contribution in [3.8, 4) is 0 Å². The molecule has 5 nitrogen and oxygen atoms in total. The van der Waals surface area contributed by atoms with E-state index in [1.807, 2.05) is 5.01 Å². The van der Waals surface area contributed by atoms with Gasteiger partial charge in [-0.2, -0.15) is 5.10 Å². The Labute approximate surface area is 126 Å². The van der Waals surface area contributed by atoms with Crippen molar-refractivity contribution in [2.24, 2.45) is 10.8 Å². The number of aromatic nitrogens is 1. The Hall–Kier alpha value is -2.01. The van der Waals surface area contributed by atoms with Gasteiger partial charge in [-0.05, 0) is 50.7 Å². The fourth-order valence-electron chi connectivity index (χ4n) is 2.41. The number of hydrazone groups is 1. The Balaban J connectivity index is 2.20. The highest BCUT2D eigenvalue weighted by Gasteiger charge is 2.07. The first-order valence-corrected chi connectivity index (χ1v) is 7.36. The third-order valence-electron chi connectivity index (χ3n) is 3.62. The summed E-state index contributed by atoms with van der Waals surface area (Å²) in [7, 11) is 4.20. The molecule has 3 N–H and O–H groups in total. The molecule has 0 saturated carbocycles. The highest BCUT2D eigenvalue weighted by Crippen LogP contribution is 2.21. The lowest BCUT2D eigenvalue weighted by molar-refractivity contribution is 0.297. The number of likely N-dealkylation sites (N-methyl/N-ethyl adjacent to an activating group) is 1. The second kappa shape index (κ2) is 7.13. The number of rotatable bonds is 7. The molecule has 0 fully saturated rings. The van der Waals surface area contributed by atoms with Crippen molar-refractivity contribution in [1.29, 1.82) is 0 Å². The normalized spacial score (nSPS) is 11.8. The molecule has 0 amide bonds. The molecule has 0 aliphatic rings. The number of hydrogen-bond acceptors (Lipinski definition) is 3. The molecule has 114 valence electrons. The Morgan fingerprint density at radius 2 is 2.14 bits per heavy atom. The van der Waals surface area contributed by atoms with Crippen molar-refractivity contribution in [3.05, 3.63) is 35.5 Å². The standard InChI is InChI=1S/C16H25N5/c1-4-21(19-12-17)11-13-5-6-16-15(9-13)14(10-18-16)7-8-20(2)3/h5-6,9-10,12,18H,4,7-8,11H2,1-3H3,(H2,17,19). The molecule has 0 aliphatic heterocycles. The second-order valence-electron chi connectivity index (χ2n) is 5.49. The second-order valence-corrected chi connectivity index (χ2v) is 5.49. The molecular weight excluding hydrogens is 262 g/mol. The van der Waals surface area contributed by atoms with Crippen LogP contribution >= 0.6 is 0 Å². The third-order valence-corrected chi connectivity index (χ3v) is 3.62. The number of hydrogen-bond donors (Lipinski definition) is 2. The quantitative estimate of drug-likeness (QED) is 0.465. The van der Waals surface area contributed by atoms with Crippen LogP contribution in [0.25, 0.3) is 10.9 Å². The maximum Gasteiger partial charge on any atom is 0.106 e. The summed E-state index contributed by atoms with van der Waals surface area (Å²) in [5, 5.41) is 7.42. The van der Waals surface area contributed by atoms with Crippen LogP contribution in [0, 0.1) is 0 Å². The minimum Gasteiger partial charge on any atom is -0.388 e. The maximum atomic E-state index is 5.38. The smallest absolute Gasteiger partial charge is 0.106 e. The van der Waals surface area contributed by atoms with Gasteiger partial charge in [0.2, 0.25) is 0 Å². The van der Waals surface area contributed by atoms with Gasteiger partial charge in [0.15, 0.2) is 0 Å². The summed E-state index contributed by atoms with van der Waals surface area (Å²) in [6.45, 7) is 4.74. The van der Waals surface area contributed by atoms with Crippen molar-refractivity contribution >= 4 is 17.2 Å². The SMILES string of the molecule is CCN(Cc1ccc2[nH]cc(CCN(C)C)c2c1)/N=C\N. The number of nitrogens with zero attached hydrogens (tertiary/aromatic N) is 3. The zero-order valence-electron chi connectivity index (χ0n) is 13.1. The lowest BCUT2D eigenvalue weighted by Gasteiger charge is -2.16. The van der Waals surface area contributed by atoms with E-state index in [2.05, 4.69) is 60.4 Å². The van der Waals surface area contributed by atoms with E-state index in [-0.39, 0.29) is 0 Å². The molecule has 0 atom stereocenters. The molecular formula is C16H25N5. The molecule has 0 bridgehead atoms. The fraction of sp³-hybridized carbons (Fsp3) is 0.438. The van der Waals surface area contributed by atoms with E-state index >= 15 is 0 Å². The highest BCUT2D eigenvalue weighted by molar-refractivity contribution is 5.83. The van der Waals surface area contributed by atoms with Crippen molar-refractivity contribution in [3.63, 3.8) is 0 Å². The Kier molecular flexibility index (Phi) is 5.22. The van der Waals surface area contributed by atoms with Crippen LogP contribution < -0.4 is 5.73 Å². The van der Waals surface area contributed by atoms with Crippen LogP contribution in [-0.4, -0.2) is 48.4 Å². The summed E-state index contributed by atoms with van der Waals surface area (Å²) in [6.07, 6.45) is 4.52. The van der Waals surface area contributed by atoms with Gasteiger partial charge in [-0.1, -0.05) is 6.07 Å². The van der Waals surface area contributed by atoms with Crippen LogP contribution in [0.15, 0.2) is 29.5 Å². The molecule has 2 aromatic rings. The summed E-state index contributed by atoms with van der Waals surface area (Å²) in [4.78, 5) is 5.56. The molecule has 5 heteroatoms. The van der Waals surface area contributed by atoms with Crippen molar-refractivity contribution in [2.75, 3.05) is 27.2 Å². The summed E-state index contributed by atoms with van der Waals surface area (Å²) in [6, 6.07) is 6.54. The number of aromatic amines is 1. The van der Waals surface area contributed by atoms with Gasteiger partial charge in [0.1, 0.15) is 6.34 Å². The van der Waals surface area contributed by atoms with Crippen molar-refractivity contribution in [1.82, 2.24) is 14.9 Å². The van der Waals surface area contributed by atoms with Gasteiger partial charge in [0, 0.05) is 30.2 Å². The topological polar surface area (TPSA) is 60.7 Å². The van der Waals surface area contributed by atoms with Crippen LogP contribution in [0.5, 0.6) is 0 Å². The first kappa shape index (κ1) is 15.4. The number of nitrogens with one attached hydrogen (secondary N) is 1. The average molecular weight is 287 g/mol. The molecule has 2 rings (SSSR count). The first-order valence-electron chi connectivity index (χ1n) is 7.36. The molecule has 0 radical (unpaired) electrons. The summed E-state index contributed by atoms with van der Waals surface area (Å²) < 4.78 is 0. The average Bonchev–Trinajstić information content (AvgIpc) is 2.87. The number of nitrogens with two attached hydrogens (primary N) is 1. The van der Waals surface area contributed by atoms with Gasteiger partial charge in [-0.3, -0.25) is 5.01 Å². The number of benzene rings is 1. The number of H-pyrrole nitrogens is 1. The van der Waals surface area contributed by atoms with E-state index in [0.29, 0.717) is 0 Å². The molecule has 1 aromatic carbocycles. The maximum absolute atomic E-state index is 5.38. The van der Waals surface area contributed by atoms with Crippen LogP contribution in [0.3, 0.4) is 0 Å². The number of fused-ring (bicyclic) bond motifs is 1. The van der Waals surface area contributed by atoms with Gasteiger partial charge < -0.3 is 15.6 Å². The van der Waals surface area contributed by atoms with E-state index in [1.165, 1.54) is 28.4 Å². The lowest BCUT2D eigenvalue weighted by Crippen LogP contribution is -2.17. The third kappa shape index (κ3) is 3.98. The Morgan fingerprint density at radius 1 is 1.33 bits per heavy atom. The van der Waals surface area contributed by atoms with E-state index in [9.17, 15) is 0 Å². The molecule has 1 heterocycles. The molecule has 0 aliphatic carbocycles. The van der Waals surface area contributed by atoms with Gasteiger partial charge in [0.05, 0.1) is 6.54 Å². The van der Waals surface area contributed by atoms with E-state index in [4.69, 9.17) is 5.73 Å². The van der Waals surface area contributed by atoms with Crippen molar-refractivity contribution < 1.29 is 0 Å². The lowest BCUT2D eigenvalue weighted by atomic mass is 10.1. The minimum absolute atomic E-state index is 0.776. The van der Waals surface area contributed by atoms with Gasteiger partial charge in [0.25, 0.3) is 0 Å². The van der Waals surface area contributed by atoms with E-state index in [1.54, 1.807) is 0 Å².